The van der Waals surface area contributed by atoms with Crippen molar-refractivity contribution >= 4 is 37.3 Å². The number of carbonyl (C=O) groups excluding carboxylic acids is 2. The van der Waals surface area contributed by atoms with Gasteiger partial charge in [-0.3, -0.25) is 14.2 Å². The van der Waals surface area contributed by atoms with Gasteiger partial charge in [-0.05, 0) is 87.2 Å². The Hall–Kier alpha value is -6.43. The van der Waals surface area contributed by atoms with Crippen molar-refractivity contribution in [2.45, 2.75) is 122 Å². The van der Waals surface area contributed by atoms with Crippen LogP contribution in [0.25, 0.3) is 11.2 Å². The van der Waals surface area contributed by atoms with E-state index in [1.54, 1.807) is 49.4 Å². The number of fused-ring (bicyclic) bond motifs is 1. The molecule has 7 rings (SSSR count). The molecule has 0 saturated carbocycles. The summed E-state index contributed by atoms with van der Waals surface area (Å²) in [6.45, 7) is 11.4. The number of nitrogens with one attached hydrogen (secondary N) is 2. The third kappa shape index (κ3) is 16.1. The Morgan fingerprint density at radius 3 is 2.05 bits per heavy atom. The highest BCUT2D eigenvalue weighted by Crippen LogP contribution is 2.52. The van der Waals surface area contributed by atoms with E-state index in [2.05, 4.69) is 66.0 Å². The minimum atomic E-state index is -1.90. The Bertz CT molecular complexity index is 2780. The fourth-order valence-corrected chi connectivity index (χ4v) is 11.4. The molecule has 6 aromatic rings. The highest BCUT2D eigenvalue weighted by atomic mass is 31.2. The molecule has 4 aromatic carbocycles. The van der Waals surface area contributed by atoms with Gasteiger partial charge < -0.3 is 52.8 Å². The van der Waals surface area contributed by atoms with E-state index in [0.717, 1.165) is 42.4 Å². The Kier molecular flexibility index (Phi) is 24.1. The zero-order chi connectivity index (χ0) is 56.7. The number of ether oxygens (including phenoxy) is 7. The van der Waals surface area contributed by atoms with E-state index in [-0.39, 0.29) is 69.4 Å². The van der Waals surface area contributed by atoms with E-state index >= 15 is 0 Å². The highest BCUT2D eigenvalue weighted by Gasteiger charge is 2.52. The van der Waals surface area contributed by atoms with Gasteiger partial charge in [0.15, 0.2) is 23.2 Å². The second kappa shape index (κ2) is 31.5. The quantitative estimate of drug-likeness (QED) is 0.0166. The van der Waals surface area contributed by atoms with Gasteiger partial charge in [-0.2, -0.15) is 5.26 Å². The van der Waals surface area contributed by atoms with E-state index < -0.39 is 38.7 Å². The fraction of sp³-hybridized carbons (Fsp3) is 0.467. The molecule has 1 aliphatic heterocycles. The molecule has 0 bridgehead atoms. The molecule has 20 heteroatoms. The fourth-order valence-electron chi connectivity index (χ4n) is 9.60. The van der Waals surface area contributed by atoms with Crippen LogP contribution in [0.1, 0.15) is 113 Å². The molecule has 1 saturated heterocycles. The van der Waals surface area contributed by atoms with Gasteiger partial charge in [0.25, 0.3) is 14.4 Å². The smallest absolute Gasteiger partial charge is 0.259 e. The number of nitriles is 1. The maximum Gasteiger partial charge on any atom is 0.259 e. The van der Waals surface area contributed by atoms with Gasteiger partial charge in [0.05, 0.1) is 66.1 Å². The summed E-state index contributed by atoms with van der Waals surface area (Å²) in [6.07, 6.45) is 5.15. The number of hydrogen-bond acceptors (Lipinski definition) is 16. The SMILES string of the molecule is CCCCCCCC(=O)NCCOCCOCO[C@@H]1[C@H](OP(OCCC#N)N(C(C)C)C(C)C)[C@@H](COC(c2ccccc2)(c2ccc(OC)cc2)c2ccc(OC)cc2)O[C@H]1n1cnc2c(NC(=O)c3ccccc3)ncnc21. The van der Waals surface area contributed by atoms with Crippen molar-refractivity contribution in [3.05, 3.63) is 144 Å². The predicted octanol–water partition coefficient (Wildman–Crippen LogP) is 10.5. The maximum absolute atomic E-state index is 13.5. The Balaban J connectivity index is 1.25. The summed E-state index contributed by atoms with van der Waals surface area (Å²) in [6, 6.07) is 36.4. The number of anilines is 1. The number of carbonyl (C=O) groups is 2. The van der Waals surface area contributed by atoms with Crippen molar-refractivity contribution in [3.63, 3.8) is 0 Å². The molecule has 1 aliphatic rings. The van der Waals surface area contributed by atoms with E-state index in [9.17, 15) is 14.9 Å². The molecule has 2 aromatic heterocycles. The molecule has 1 fully saturated rings. The van der Waals surface area contributed by atoms with Crippen LogP contribution < -0.4 is 20.1 Å². The average Bonchev–Trinajstić information content (AvgIpc) is 4.08. The van der Waals surface area contributed by atoms with Gasteiger partial charge in [-0.15, -0.1) is 0 Å². The van der Waals surface area contributed by atoms with E-state index in [4.69, 9.17) is 47.2 Å². The monoisotopic (exact) mass is 1120 g/mol. The number of nitrogens with zero attached hydrogens (tertiary/aromatic N) is 6. The number of methoxy groups -OCH3 is 2. The molecular formula is C60H77N8O11P. The lowest BCUT2D eigenvalue weighted by atomic mass is 9.80. The minimum Gasteiger partial charge on any atom is -0.497 e. The number of imidazole rings is 1. The number of hydrogen-bond donors (Lipinski definition) is 2. The summed E-state index contributed by atoms with van der Waals surface area (Å²) in [5.41, 5.74) is 2.29. The first-order valence-electron chi connectivity index (χ1n) is 27.5. The van der Waals surface area contributed by atoms with Gasteiger partial charge in [-0.1, -0.05) is 105 Å². The molecule has 0 aliphatic carbocycles. The Morgan fingerprint density at radius 1 is 0.775 bits per heavy atom. The van der Waals surface area contributed by atoms with Crippen LogP contribution in [0.3, 0.4) is 0 Å². The van der Waals surface area contributed by atoms with Gasteiger partial charge in [0.2, 0.25) is 5.91 Å². The molecule has 2 amide bonds. The van der Waals surface area contributed by atoms with E-state index in [1.165, 1.54) is 12.7 Å². The second-order valence-electron chi connectivity index (χ2n) is 19.6. The van der Waals surface area contributed by atoms with Crippen molar-refractivity contribution in [3.8, 4) is 17.6 Å². The number of benzene rings is 4. The normalized spacial score (nSPS) is 16.8. The van der Waals surface area contributed by atoms with Crippen molar-refractivity contribution < 1.29 is 51.8 Å². The summed E-state index contributed by atoms with van der Waals surface area (Å²) in [5.74, 6) is 1.19. The van der Waals surface area contributed by atoms with Crippen LogP contribution in [0.5, 0.6) is 11.5 Å². The van der Waals surface area contributed by atoms with Crippen LogP contribution in [0.4, 0.5) is 5.82 Å². The molecule has 0 spiro atoms. The Labute approximate surface area is 471 Å². The topological polar surface area (TPSA) is 212 Å². The minimum absolute atomic E-state index is 0.0186. The predicted molar refractivity (Wildman–Crippen MR) is 305 cm³/mol. The lowest BCUT2D eigenvalue weighted by molar-refractivity contribution is -0.142. The van der Waals surface area contributed by atoms with Crippen molar-refractivity contribution in [2.24, 2.45) is 0 Å². The van der Waals surface area contributed by atoms with Crippen LogP contribution in [0.2, 0.25) is 0 Å². The summed E-state index contributed by atoms with van der Waals surface area (Å²) in [4.78, 5) is 39.8. The summed E-state index contributed by atoms with van der Waals surface area (Å²) in [5, 5.41) is 15.5. The van der Waals surface area contributed by atoms with Crippen LogP contribution in [0, 0.1) is 11.3 Å². The molecule has 5 atom stereocenters. The third-order valence-corrected chi connectivity index (χ3v) is 15.6. The summed E-state index contributed by atoms with van der Waals surface area (Å²) >= 11 is 0. The standard InChI is InChI=1S/C60H77N8O11P/c1-8-9-10-11-18-24-52(69)62-34-36-73-37-38-74-42-75-55-54(79-80(77-35-19-33-61)68(43(2)3)44(4)5)51(78-59(55)67-41-65-53-56(63-40-64-57(53)67)66-58(70)45-20-14-12-15-21-45)39-76-60(46-22-16-13-17-23-46,47-25-29-49(71-6)30-26-47)48-27-31-50(72-7)32-28-48/h12-17,20-23,25-32,40-41,43-44,51,54-55,59H,8-11,18-19,24,34-39,42H2,1-7H3,(H,62,69)(H,63,64,66,70)/t51-,54-,55-,59-,80?/m1/s1. The lowest BCUT2D eigenvalue weighted by Gasteiger charge is -2.39. The molecule has 80 heavy (non-hydrogen) atoms. The van der Waals surface area contributed by atoms with Gasteiger partial charge in [0.1, 0.15) is 48.5 Å². The molecule has 3 heterocycles. The number of unbranched alkanes of at least 4 members (excludes halogenated alkanes) is 4. The Morgan fingerprint density at radius 2 is 1.41 bits per heavy atom. The number of rotatable bonds is 34. The second-order valence-corrected chi connectivity index (χ2v) is 21.1. The first kappa shape index (κ1) is 61.2. The summed E-state index contributed by atoms with van der Waals surface area (Å²) < 4.78 is 62.6. The van der Waals surface area contributed by atoms with Crippen molar-refractivity contribution in [1.29, 1.82) is 5.26 Å². The number of aromatic nitrogens is 4. The molecule has 2 N–H and O–H groups in total. The zero-order valence-electron chi connectivity index (χ0n) is 47.0. The molecule has 428 valence electrons. The molecule has 1 unspecified atom stereocenters. The van der Waals surface area contributed by atoms with Gasteiger partial charge in [0, 0.05) is 30.6 Å². The summed E-state index contributed by atoms with van der Waals surface area (Å²) in [7, 11) is 1.35. The van der Waals surface area contributed by atoms with Crippen LogP contribution >= 0.6 is 8.53 Å². The van der Waals surface area contributed by atoms with Crippen LogP contribution in [-0.4, -0.2) is 127 Å². The van der Waals surface area contributed by atoms with Crippen LogP contribution in [-0.2, 0) is 43.1 Å². The van der Waals surface area contributed by atoms with Crippen molar-refractivity contribution in [2.75, 3.05) is 65.9 Å². The largest absolute Gasteiger partial charge is 0.497 e. The third-order valence-electron chi connectivity index (χ3n) is 13.5. The van der Waals surface area contributed by atoms with Gasteiger partial charge >= 0.3 is 0 Å². The van der Waals surface area contributed by atoms with Crippen LogP contribution in [0.15, 0.2) is 122 Å². The van der Waals surface area contributed by atoms with E-state index in [0.29, 0.717) is 47.8 Å². The van der Waals surface area contributed by atoms with Gasteiger partial charge in [-0.25, -0.2) is 19.6 Å². The van der Waals surface area contributed by atoms with E-state index in [1.807, 2.05) is 84.9 Å². The lowest BCUT2D eigenvalue weighted by Crippen LogP contribution is -2.43. The molecular weight excluding hydrogens is 1040 g/mol. The molecule has 19 nitrogen and oxygen atoms in total. The zero-order valence-corrected chi connectivity index (χ0v) is 47.9. The average molecular weight is 1120 g/mol. The molecule has 0 radical (unpaired) electrons. The first-order chi connectivity index (χ1) is 39.0. The maximum atomic E-state index is 13.5. The van der Waals surface area contributed by atoms with Crippen molar-refractivity contribution in [1.82, 2.24) is 29.5 Å². The number of amides is 2. The first-order valence-corrected chi connectivity index (χ1v) is 28.6. The highest BCUT2D eigenvalue weighted by molar-refractivity contribution is 7.44.